The van der Waals surface area contributed by atoms with E-state index in [4.69, 9.17) is 27.9 Å². The number of benzene rings is 2. The summed E-state index contributed by atoms with van der Waals surface area (Å²) in [4.78, 5) is 12.4. The van der Waals surface area contributed by atoms with Crippen LogP contribution < -0.4 is 4.74 Å². The number of aryl methyl sites for hydroxylation is 1. The second-order valence-electron chi connectivity index (χ2n) is 4.49. The Morgan fingerprint density at radius 3 is 2.50 bits per heavy atom. The lowest BCUT2D eigenvalue weighted by molar-refractivity contribution is 0.0993. The van der Waals surface area contributed by atoms with Gasteiger partial charge in [-0.25, -0.2) is 0 Å². The quantitative estimate of drug-likeness (QED) is 0.763. The van der Waals surface area contributed by atoms with Gasteiger partial charge in [-0.1, -0.05) is 47.5 Å². The van der Waals surface area contributed by atoms with Gasteiger partial charge in [0.2, 0.25) is 0 Å². The van der Waals surface area contributed by atoms with Crippen LogP contribution in [0.25, 0.3) is 0 Å². The number of hydrogen-bond donors (Lipinski definition) is 0. The Balaban J connectivity index is 2.30. The van der Waals surface area contributed by atoms with Crippen molar-refractivity contribution in [3.05, 3.63) is 63.1 Å². The molecule has 0 bridgehead atoms. The van der Waals surface area contributed by atoms with Crippen molar-refractivity contribution in [3.63, 3.8) is 0 Å². The first-order valence-corrected chi connectivity index (χ1v) is 6.89. The number of halogens is 2. The summed E-state index contributed by atoms with van der Waals surface area (Å²) < 4.78 is 5.07. The predicted octanol–water partition coefficient (Wildman–Crippen LogP) is 4.74. The third-order valence-electron chi connectivity index (χ3n) is 3.15. The van der Waals surface area contributed by atoms with E-state index in [1.54, 1.807) is 12.1 Å². The molecule has 0 aliphatic rings. The highest BCUT2D eigenvalue weighted by atomic mass is 35.5. The number of Topliss-reactive ketones (excluding diaryl/α,β-unsaturated/α-hetero) is 1. The first-order chi connectivity index (χ1) is 9.52. The second kappa shape index (κ2) is 6.29. The van der Waals surface area contributed by atoms with Crippen LogP contribution in [0.4, 0.5) is 0 Å². The molecule has 0 aliphatic carbocycles. The fourth-order valence-electron chi connectivity index (χ4n) is 1.98. The predicted molar refractivity (Wildman–Crippen MR) is 82.2 cm³/mol. The molecule has 0 atom stereocenters. The van der Waals surface area contributed by atoms with Crippen molar-refractivity contribution in [1.82, 2.24) is 0 Å². The van der Waals surface area contributed by atoms with Gasteiger partial charge in [-0.2, -0.15) is 0 Å². The normalized spacial score (nSPS) is 10.4. The van der Waals surface area contributed by atoms with Crippen LogP contribution in [0.5, 0.6) is 5.75 Å². The van der Waals surface area contributed by atoms with Crippen LogP contribution in [0.1, 0.15) is 21.5 Å². The van der Waals surface area contributed by atoms with Crippen molar-refractivity contribution in [2.45, 2.75) is 13.3 Å². The van der Waals surface area contributed by atoms with Crippen LogP contribution in [-0.4, -0.2) is 12.9 Å². The second-order valence-corrected chi connectivity index (χ2v) is 5.31. The molecule has 0 saturated heterocycles. The highest BCUT2D eigenvalue weighted by Crippen LogP contribution is 2.31. The van der Waals surface area contributed by atoms with Gasteiger partial charge < -0.3 is 4.74 Å². The van der Waals surface area contributed by atoms with E-state index in [1.807, 2.05) is 31.2 Å². The van der Waals surface area contributed by atoms with Crippen LogP contribution in [-0.2, 0) is 6.42 Å². The summed E-state index contributed by atoms with van der Waals surface area (Å²) in [5.41, 5.74) is 2.48. The zero-order valence-electron chi connectivity index (χ0n) is 11.2. The molecule has 104 valence electrons. The minimum atomic E-state index is -0.0612. The standard InChI is InChI=1S/C16H14Cl2O2/c1-10-5-3-4-6-11(10)7-15(19)12-8-14(18)16(20-2)9-13(12)17/h3-6,8-9H,7H2,1-2H3. The Morgan fingerprint density at radius 1 is 1.15 bits per heavy atom. The number of ether oxygens (including phenoxy) is 1. The molecule has 2 nitrogen and oxygen atoms in total. The fourth-order valence-corrected chi connectivity index (χ4v) is 2.48. The van der Waals surface area contributed by atoms with E-state index in [0.717, 1.165) is 11.1 Å². The maximum absolute atomic E-state index is 12.4. The van der Waals surface area contributed by atoms with Gasteiger partial charge >= 0.3 is 0 Å². The lowest BCUT2D eigenvalue weighted by atomic mass is 9.99. The Morgan fingerprint density at radius 2 is 1.85 bits per heavy atom. The third kappa shape index (κ3) is 3.14. The summed E-state index contributed by atoms with van der Waals surface area (Å²) in [5.74, 6) is 0.401. The van der Waals surface area contributed by atoms with Gasteiger partial charge in [0.05, 0.1) is 17.2 Å². The number of carbonyl (C=O) groups is 1. The van der Waals surface area contributed by atoms with Gasteiger partial charge in [-0.15, -0.1) is 0 Å². The number of carbonyl (C=O) groups excluding carboxylic acids is 1. The topological polar surface area (TPSA) is 26.3 Å². The lowest BCUT2D eigenvalue weighted by Crippen LogP contribution is -2.06. The SMILES string of the molecule is COc1cc(Cl)c(C(=O)Cc2ccccc2C)cc1Cl. The van der Waals surface area contributed by atoms with Crippen molar-refractivity contribution in [2.24, 2.45) is 0 Å². The van der Waals surface area contributed by atoms with Gasteiger partial charge in [0, 0.05) is 18.1 Å². The summed E-state index contributed by atoms with van der Waals surface area (Å²) in [6.45, 7) is 1.98. The molecule has 20 heavy (non-hydrogen) atoms. The summed E-state index contributed by atoms with van der Waals surface area (Å²) in [6.07, 6.45) is 0.301. The Kier molecular flexibility index (Phi) is 4.69. The van der Waals surface area contributed by atoms with E-state index >= 15 is 0 Å². The van der Waals surface area contributed by atoms with Crippen molar-refractivity contribution in [1.29, 1.82) is 0 Å². The molecule has 0 aliphatic heterocycles. The van der Waals surface area contributed by atoms with Crippen LogP contribution >= 0.6 is 23.2 Å². The highest BCUT2D eigenvalue weighted by molar-refractivity contribution is 6.36. The molecule has 4 heteroatoms. The van der Waals surface area contributed by atoms with E-state index < -0.39 is 0 Å². The molecular formula is C16H14Cl2O2. The Labute approximate surface area is 128 Å². The summed E-state index contributed by atoms with van der Waals surface area (Å²) in [5, 5.41) is 0.731. The van der Waals surface area contributed by atoms with Gasteiger partial charge in [-0.05, 0) is 24.1 Å². The molecule has 2 aromatic carbocycles. The van der Waals surface area contributed by atoms with Crippen molar-refractivity contribution < 1.29 is 9.53 Å². The minimum Gasteiger partial charge on any atom is -0.495 e. The van der Waals surface area contributed by atoms with Crippen molar-refractivity contribution >= 4 is 29.0 Å². The van der Waals surface area contributed by atoms with Crippen LogP contribution in [0.15, 0.2) is 36.4 Å². The first-order valence-electron chi connectivity index (χ1n) is 6.13. The number of hydrogen-bond acceptors (Lipinski definition) is 2. The summed E-state index contributed by atoms with van der Waals surface area (Å²) >= 11 is 12.2. The van der Waals surface area contributed by atoms with E-state index in [-0.39, 0.29) is 5.78 Å². The van der Waals surface area contributed by atoms with E-state index in [1.165, 1.54) is 7.11 Å². The largest absolute Gasteiger partial charge is 0.495 e. The van der Waals surface area contributed by atoms with Crippen molar-refractivity contribution in [2.75, 3.05) is 7.11 Å². The van der Waals surface area contributed by atoms with E-state index in [9.17, 15) is 4.79 Å². The smallest absolute Gasteiger partial charge is 0.168 e. The van der Waals surface area contributed by atoms with E-state index in [0.29, 0.717) is 27.8 Å². The Hall–Kier alpha value is -1.51. The molecule has 0 saturated carbocycles. The maximum atomic E-state index is 12.4. The number of ketones is 1. The van der Waals surface area contributed by atoms with Crippen molar-refractivity contribution in [3.8, 4) is 5.75 Å². The van der Waals surface area contributed by atoms with Gasteiger partial charge in [-0.3, -0.25) is 4.79 Å². The number of methoxy groups -OCH3 is 1. The minimum absolute atomic E-state index is 0.0612. The molecule has 0 spiro atoms. The zero-order valence-corrected chi connectivity index (χ0v) is 12.8. The highest BCUT2D eigenvalue weighted by Gasteiger charge is 2.15. The molecule has 0 heterocycles. The molecule has 0 amide bonds. The molecule has 0 fully saturated rings. The molecule has 0 N–H and O–H groups in total. The maximum Gasteiger partial charge on any atom is 0.168 e. The van der Waals surface area contributed by atoms with Gasteiger partial charge in [0.25, 0.3) is 0 Å². The lowest BCUT2D eigenvalue weighted by Gasteiger charge is -2.09. The number of rotatable bonds is 4. The van der Waals surface area contributed by atoms with E-state index in [2.05, 4.69) is 0 Å². The van der Waals surface area contributed by atoms with Crippen LogP contribution in [0.2, 0.25) is 10.0 Å². The molecule has 0 radical (unpaired) electrons. The molecule has 2 rings (SSSR count). The average Bonchev–Trinajstić information content (AvgIpc) is 2.43. The molecular weight excluding hydrogens is 295 g/mol. The Bertz CT molecular complexity index is 651. The monoisotopic (exact) mass is 308 g/mol. The van der Waals surface area contributed by atoms with Gasteiger partial charge in [0.15, 0.2) is 5.78 Å². The average molecular weight is 309 g/mol. The molecule has 0 unspecified atom stereocenters. The van der Waals surface area contributed by atoms with Crippen LogP contribution in [0, 0.1) is 6.92 Å². The van der Waals surface area contributed by atoms with Gasteiger partial charge in [0.1, 0.15) is 5.75 Å². The van der Waals surface area contributed by atoms with Crippen LogP contribution in [0.3, 0.4) is 0 Å². The molecule has 0 aromatic heterocycles. The first kappa shape index (κ1) is 14.9. The zero-order chi connectivity index (χ0) is 14.7. The summed E-state index contributed by atoms with van der Waals surface area (Å²) in [6, 6.07) is 10.9. The molecule has 2 aromatic rings. The fraction of sp³-hybridized carbons (Fsp3) is 0.188. The third-order valence-corrected chi connectivity index (χ3v) is 3.76. The summed E-state index contributed by atoms with van der Waals surface area (Å²) in [7, 11) is 1.51.